The fourth-order valence-corrected chi connectivity index (χ4v) is 3.16. The van der Waals surface area contributed by atoms with Gasteiger partial charge in [-0.3, -0.25) is 5.21 Å². The zero-order valence-corrected chi connectivity index (χ0v) is 13.9. The van der Waals surface area contributed by atoms with Crippen LogP contribution in [0.4, 0.5) is 10.5 Å². The van der Waals surface area contributed by atoms with E-state index in [1.807, 2.05) is 6.07 Å². The zero-order chi connectivity index (χ0) is 17.1. The lowest BCUT2D eigenvalue weighted by Gasteiger charge is -2.32. The van der Waals surface area contributed by atoms with E-state index >= 15 is 0 Å². The van der Waals surface area contributed by atoms with Gasteiger partial charge in [-0.1, -0.05) is 42.0 Å². The molecule has 0 bridgehead atoms. The molecule has 5 nitrogen and oxygen atoms in total. The van der Waals surface area contributed by atoms with Crippen molar-refractivity contribution < 1.29 is 10.0 Å². The first-order valence-corrected chi connectivity index (χ1v) is 8.21. The smallest absolute Gasteiger partial charge is 0.338 e. The molecule has 2 aromatic rings. The number of nitrogens with two attached hydrogens (primary N) is 1. The summed E-state index contributed by atoms with van der Waals surface area (Å²) in [6.07, 6.45) is 2.11. The second-order valence-corrected chi connectivity index (χ2v) is 6.37. The molecule has 1 aliphatic rings. The number of anilines is 1. The van der Waals surface area contributed by atoms with Gasteiger partial charge in [0, 0.05) is 18.8 Å². The van der Waals surface area contributed by atoms with Crippen LogP contribution in [0.5, 0.6) is 0 Å². The van der Waals surface area contributed by atoms with Gasteiger partial charge >= 0.3 is 6.03 Å². The van der Waals surface area contributed by atoms with E-state index in [2.05, 4.69) is 48.2 Å². The van der Waals surface area contributed by atoms with Crippen molar-refractivity contribution in [2.24, 2.45) is 5.73 Å². The molecule has 0 unspecified atom stereocenters. The van der Waals surface area contributed by atoms with Crippen LogP contribution in [0, 0.1) is 6.92 Å². The number of amides is 2. The Morgan fingerprint density at radius 1 is 1.21 bits per heavy atom. The standard InChI is InChI=1S/C19H23N3O2/c1-14-4-6-15(7-5-14)12-21-10-2-3-17-11-16(8-9-18(17)21)13-22(24)19(20)23/h4-9,11,24H,2-3,10,12-13H2,1H3,(H2,20,23). The molecule has 1 aliphatic heterocycles. The molecule has 5 heteroatoms. The number of carbonyl (C=O) groups is 1. The summed E-state index contributed by atoms with van der Waals surface area (Å²) in [7, 11) is 0. The van der Waals surface area contributed by atoms with Gasteiger partial charge in [0.1, 0.15) is 0 Å². The minimum absolute atomic E-state index is 0.112. The number of hydrogen-bond donors (Lipinski definition) is 2. The molecular formula is C19H23N3O2. The molecule has 1 heterocycles. The Morgan fingerprint density at radius 2 is 1.92 bits per heavy atom. The third kappa shape index (κ3) is 3.68. The van der Waals surface area contributed by atoms with Gasteiger partial charge in [-0.2, -0.15) is 0 Å². The second kappa shape index (κ2) is 6.93. The van der Waals surface area contributed by atoms with Crippen molar-refractivity contribution in [1.29, 1.82) is 0 Å². The highest BCUT2D eigenvalue weighted by Gasteiger charge is 2.18. The number of rotatable bonds is 4. The number of urea groups is 1. The lowest BCUT2D eigenvalue weighted by atomic mass is 9.98. The monoisotopic (exact) mass is 325 g/mol. The highest BCUT2D eigenvalue weighted by Crippen LogP contribution is 2.29. The van der Waals surface area contributed by atoms with Gasteiger partial charge in [-0.15, -0.1) is 0 Å². The lowest BCUT2D eigenvalue weighted by molar-refractivity contribution is -0.0470. The Kier molecular flexibility index (Phi) is 4.71. The average Bonchev–Trinajstić information content (AvgIpc) is 2.57. The van der Waals surface area contributed by atoms with Gasteiger partial charge in [0.25, 0.3) is 0 Å². The number of aryl methyl sites for hydroxylation is 2. The predicted octanol–water partition coefficient (Wildman–Crippen LogP) is 3.22. The van der Waals surface area contributed by atoms with Crippen molar-refractivity contribution in [3.05, 3.63) is 64.7 Å². The summed E-state index contributed by atoms with van der Waals surface area (Å²) in [5, 5.41) is 10.0. The number of hydroxylamine groups is 2. The van der Waals surface area contributed by atoms with Crippen LogP contribution in [0.1, 0.15) is 28.7 Å². The van der Waals surface area contributed by atoms with Crippen molar-refractivity contribution in [3.63, 3.8) is 0 Å². The van der Waals surface area contributed by atoms with Crippen molar-refractivity contribution in [2.75, 3.05) is 11.4 Å². The summed E-state index contributed by atoms with van der Waals surface area (Å²) in [6, 6.07) is 13.9. The minimum atomic E-state index is -0.839. The molecule has 3 N–H and O–H groups in total. The molecule has 0 atom stereocenters. The predicted molar refractivity (Wildman–Crippen MR) is 93.9 cm³/mol. The van der Waals surface area contributed by atoms with E-state index in [1.165, 1.54) is 22.4 Å². The summed E-state index contributed by atoms with van der Waals surface area (Å²) in [4.78, 5) is 13.3. The first-order valence-electron chi connectivity index (χ1n) is 8.21. The highest BCUT2D eigenvalue weighted by molar-refractivity contribution is 5.70. The zero-order valence-electron chi connectivity index (χ0n) is 13.9. The molecule has 0 fully saturated rings. The van der Waals surface area contributed by atoms with Gasteiger partial charge in [0.15, 0.2) is 0 Å². The van der Waals surface area contributed by atoms with E-state index in [4.69, 9.17) is 5.73 Å². The molecule has 2 amide bonds. The van der Waals surface area contributed by atoms with Crippen LogP contribution in [-0.4, -0.2) is 22.8 Å². The van der Waals surface area contributed by atoms with Crippen molar-refractivity contribution in [1.82, 2.24) is 5.06 Å². The van der Waals surface area contributed by atoms with Crippen LogP contribution < -0.4 is 10.6 Å². The number of fused-ring (bicyclic) bond motifs is 1. The van der Waals surface area contributed by atoms with Gasteiger partial charge in [0.2, 0.25) is 0 Å². The molecule has 0 radical (unpaired) electrons. The maximum absolute atomic E-state index is 11.0. The van der Waals surface area contributed by atoms with E-state index < -0.39 is 6.03 Å². The number of primary amides is 1. The molecule has 2 aromatic carbocycles. The van der Waals surface area contributed by atoms with E-state index in [0.717, 1.165) is 31.5 Å². The fraction of sp³-hybridized carbons (Fsp3) is 0.316. The highest BCUT2D eigenvalue weighted by atomic mass is 16.5. The third-order valence-corrected chi connectivity index (χ3v) is 4.44. The van der Waals surface area contributed by atoms with Crippen molar-refractivity contribution >= 4 is 11.7 Å². The Hall–Kier alpha value is -2.53. The van der Waals surface area contributed by atoms with Gasteiger partial charge in [-0.25, -0.2) is 9.86 Å². The van der Waals surface area contributed by atoms with Crippen molar-refractivity contribution in [3.8, 4) is 0 Å². The quantitative estimate of drug-likeness (QED) is 0.670. The number of carbonyl (C=O) groups excluding carboxylic acids is 1. The summed E-state index contributed by atoms with van der Waals surface area (Å²) in [6.45, 7) is 4.13. The van der Waals surface area contributed by atoms with Crippen LogP contribution >= 0.6 is 0 Å². The van der Waals surface area contributed by atoms with Gasteiger partial charge in [0.05, 0.1) is 6.54 Å². The molecular weight excluding hydrogens is 302 g/mol. The molecule has 24 heavy (non-hydrogen) atoms. The summed E-state index contributed by atoms with van der Waals surface area (Å²) in [5.74, 6) is 0. The topological polar surface area (TPSA) is 69.8 Å². The van der Waals surface area contributed by atoms with Gasteiger partial charge < -0.3 is 10.6 Å². The average molecular weight is 325 g/mol. The Balaban J connectivity index is 1.77. The number of hydrogen-bond acceptors (Lipinski definition) is 3. The molecule has 0 saturated heterocycles. The number of benzene rings is 2. The lowest BCUT2D eigenvalue weighted by Crippen LogP contribution is -2.32. The summed E-state index contributed by atoms with van der Waals surface area (Å²) >= 11 is 0. The Bertz CT molecular complexity index is 728. The third-order valence-electron chi connectivity index (χ3n) is 4.44. The van der Waals surface area contributed by atoms with Gasteiger partial charge in [-0.05, 0) is 42.5 Å². The maximum Gasteiger partial charge on any atom is 0.338 e. The molecule has 3 rings (SSSR count). The molecule has 0 aromatic heterocycles. The van der Waals surface area contributed by atoms with Crippen LogP contribution in [0.2, 0.25) is 0 Å². The molecule has 0 spiro atoms. The fourth-order valence-electron chi connectivity index (χ4n) is 3.16. The number of nitrogens with zero attached hydrogens (tertiary/aromatic N) is 2. The maximum atomic E-state index is 11.0. The first kappa shape index (κ1) is 16.3. The second-order valence-electron chi connectivity index (χ2n) is 6.37. The van der Waals surface area contributed by atoms with E-state index in [9.17, 15) is 10.0 Å². The van der Waals surface area contributed by atoms with E-state index in [1.54, 1.807) is 0 Å². The molecule has 0 aliphatic carbocycles. The Morgan fingerprint density at radius 3 is 2.62 bits per heavy atom. The van der Waals surface area contributed by atoms with Crippen molar-refractivity contribution in [2.45, 2.75) is 32.9 Å². The van der Waals surface area contributed by atoms with Crippen LogP contribution in [-0.2, 0) is 19.5 Å². The Labute approximate surface area is 142 Å². The minimum Gasteiger partial charge on any atom is -0.367 e. The largest absolute Gasteiger partial charge is 0.367 e. The van der Waals surface area contributed by atoms with Crippen LogP contribution in [0.3, 0.4) is 0 Å². The van der Waals surface area contributed by atoms with E-state index in [0.29, 0.717) is 5.06 Å². The molecule has 126 valence electrons. The molecule has 0 saturated carbocycles. The summed E-state index contributed by atoms with van der Waals surface area (Å²) < 4.78 is 0. The van der Waals surface area contributed by atoms with E-state index in [-0.39, 0.29) is 6.54 Å². The van der Waals surface area contributed by atoms with Crippen LogP contribution in [0.15, 0.2) is 42.5 Å². The first-order chi connectivity index (χ1) is 11.5. The van der Waals surface area contributed by atoms with Crippen LogP contribution in [0.25, 0.3) is 0 Å². The summed E-state index contributed by atoms with van der Waals surface area (Å²) in [5.41, 5.74) is 11.0. The normalized spacial score (nSPS) is 13.5. The SMILES string of the molecule is Cc1ccc(CN2CCCc3cc(CN(O)C(N)=O)ccc32)cc1.